The van der Waals surface area contributed by atoms with E-state index in [4.69, 9.17) is 11.0 Å². The average molecular weight is 326 g/mol. The maximum Gasteiger partial charge on any atom is 0.181 e. The number of pyridine rings is 1. The third-order valence-corrected chi connectivity index (χ3v) is 3.43. The van der Waals surface area contributed by atoms with Gasteiger partial charge in [-0.1, -0.05) is 18.2 Å². The molecule has 0 radical (unpaired) electrons. The Labute approximate surface area is 123 Å². The monoisotopic (exact) mass is 325 g/mol. The van der Waals surface area contributed by atoms with Gasteiger partial charge in [-0.3, -0.25) is 0 Å². The van der Waals surface area contributed by atoms with Crippen molar-refractivity contribution in [1.29, 1.82) is 5.26 Å². The number of hydrogen-bond donors (Lipinski definition) is 1. The fraction of sp³-hybridized carbons (Fsp3) is 0. The summed E-state index contributed by atoms with van der Waals surface area (Å²) >= 11 is 3.47. The van der Waals surface area contributed by atoms with Crippen LogP contribution in [0.25, 0.3) is 22.4 Å². The third-order valence-electron chi connectivity index (χ3n) is 2.83. The molecule has 0 aliphatic carbocycles. The van der Waals surface area contributed by atoms with E-state index in [0.29, 0.717) is 11.5 Å². The van der Waals surface area contributed by atoms with E-state index in [2.05, 4.69) is 30.9 Å². The molecule has 2 N–H and O–H groups in total. The van der Waals surface area contributed by atoms with Gasteiger partial charge in [-0.2, -0.15) is 5.26 Å². The highest BCUT2D eigenvalue weighted by molar-refractivity contribution is 9.10. The number of anilines is 1. The summed E-state index contributed by atoms with van der Waals surface area (Å²) < 4.78 is 0.778. The molecule has 3 aromatic rings. The molecule has 0 amide bonds. The molecule has 0 fully saturated rings. The molecule has 0 unspecified atom stereocenters. The fourth-order valence-electron chi connectivity index (χ4n) is 1.84. The van der Waals surface area contributed by atoms with Gasteiger partial charge < -0.3 is 5.73 Å². The molecule has 5 nitrogen and oxygen atoms in total. The third kappa shape index (κ3) is 2.08. The Hall–Kier alpha value is -2.52. The molecule has 96 valence electrons. The first kappa shape index (κ1) is 12.5. The second kappa shape index (κ2) is 4.87. The molecule has 0 bridgehead atoms. The lowest BCUT2D eigenvalue weighted by Crippen LogP contribution is -2.00. The molecule has 0 saturated heterocycles. The molecule has 1 aromatic carbocycles. The Morgan fingerprint density at radius 3 is 2.75 bits per heavy atom. The molecular weight excluding hydrogens is 318 g/mol. The van der Waals surface area contributed by atoms with Gasteiger partial charge in [0.2, 0.25) is 0 Å². The van der Waals surface area contributed by atoms with E-state index < -0.39 is 0 Å². The maximum absolute atomic E-state index is 8.84. The maximum atomic E-state index is 8.84. The lowest BCUT2D eigenvalue weighted by molar-refractivity contribution is 1.14. The number of aromatic nitrogens is 3. The van der Waals surface area contributed by atoms with Crippen LogP contribution >= 0.6 is 15.9 Å². The van der Waals surface area contributed by atoms with Crippen LogP contribution in [-0.2, 0) is 0 Å². The summed E-state index contributed by atoms with van der Waals surface area (Å²) in [5, 5.41) is 9.86. The molecule has 2 heterocycles. The highest BCUT2D eigenvalue weighted by Crippen LogP contribution is 2.28. The van der Waals surface area contributed by atoms with Gasteiger partial charge >= 0.3 is 0 Å². The molecule has 0 saturated carbocycles. The Morgan fingerprint density at radius 1 is 1.20 bits per heavy atom. The summed E-state index contributed by atoms with van der Waals surface area (Å²) in [5.74, 6) is 0.540. The zero-order valence-electron chi connectivity index (χ0n) is 10.2. The molecule has 2 aromatic heterocycles. The lowest BCUT2D eigenvalue weighted by atomic mass is 10.2. The second-order valence-corrected chi connectivity index (χ2v) is 4.97. The fourth-order valence-corrected chi connectivity index (χ4v) is 2.35. The second-order valence-electron chi connectivity index (χ2n) is 4.12. The van der Waals surface area contributed by atoms with Crippen LogP contribution in [0.1, 0.15) is 5.56 Å². The SMILES string of the molecule is N#Cc1cnc(-c2nc3ccccc3cc2Br)nc1N. The quantitative estimate of drug-likeness (QED) is 0.743. The zero-order valence-corrected chi connectivity index (χ0v) is 11.8. The van der Waals surface area contributed by atoms with Crippen LogP contribution in [0.4, 0.5) is 5.82 Å². The van der Waals surface area contributed by atoms with Gasteiger partial charge in [0, 0.05) is 9.86 Å². The van der Waals surface area contributed by atoms with Crippen molar-refractivity contribution < 1.29 is 0 Å². The number of benzene rings is 1. The van der Waals surface area contributed by atoms with Crippen LogP contribution < -0.4 is 5.73 Å². The summed E-state index contributed by atoms with van der Waals surface area (Å²) in [4.78, 5) is 12.8. The van der Waals surface area contributed by atoms with Crippen molar-refractivity contribution in [3.8, 4) is 17.6 Å². The summed E-state index contributed by atoms with van der Waals surface area (Å²) in [6.45, 7) is 0. The Kier molecular flexibility index (Phi) is 3.05. The number of nitrogens with two attached hydrogens (primary N) is 1. The van der Waals surface area contributed by atoms with E-state index in [-0.39, 0.29) is 11.4 Å². The van der Waals surface area contributed by atoms with Gasteiger partial charge in [-0.25, -0.2) is 15.0 Å². The highest BCUT2D eigenvalue weighted by atomic mass is 79.9. The van der Waals surface area contributed by atoms with E-state index in [0.717, 1.165) is 15.4 Å². The highest BCUT2D eigenvalue weighted by Gasteiger charge is 2.12. The number of fused-ring (bicyclic) bond motifs is 1. The van der Waals surface area contributed by atoms with E-state index in [9.17, 15) is 0 Å². The van der Waals surface area contributed by atoms with Crippen molar-refractivity contribution in [1.82, 2.24) is 15.0 Å². The van der Waals surface area contributed by atoms with Crippen LogP contribution in [0, 0.1) is 11.3 Å². The normalized spacial score (nSPS) is 10.4. The minimum Gasteiger partial charge on any atom is -0.382 e. The lowest BCUT2D eigenvalue weighted by Gasteiger charge is -2.06. The van der Waals surface area contributed by atoms with E-state index in [1.165, 1.54) is 6.20 Å². The first-order chi connectivity index (χ1) is 9.69. The van der Waals surface area contributed by atoms with E-state index in [1.54, 1.807) is 0 Å². The number of nitrogen functional groups attached to an aromatic ring is 1. The molecule has 0 aliphatic rings. The molecule has 0 aliphatic heterocycles. The van der Waals surface area contributed by atoms with Gasteiger partial charge in [0.1, 0.15) is 23.1 Å². The van der Waals surface area contributed by atoms with Gasteiger partial charge in [0.15, 0.2) is 5.82 Å². The minimum absolute atomic E-state index is 0.152. The van der Waals surface area contributed by atoms with Crippen LogP contribution in [0.15, 0.2) is 41.0 Å². The predicted octanol–water partition coefficient (Wildman–Crippen LogP) is 2.91. The van der Waals surface area contributed by atoms with Crippen molar-refractivity contribution >= 4 is 32.7 Å². The predicted molar refractivity (Wildman–Crippen MR) is 79.6 cm³/mol. The molecule has 6 heteroatoms. The summed E-state index contributed by atoms with van der Waals surface area (Å²) in [5.41, 5.74) is 7.41. The minimum atomic E-state index is 0.152. The van der Waals surface area contributed by atoms with Crippen LogP contribution in [-0.4, -0.2) is 15.0 Å². The molecule has 20 heavy (non-hydrogen) atoms. The van der Waals surface area contributed by atoms with Crippen LogP contribution in [0.3, 0.4) is 0 Å². The van der Waals surface area contributed by atoms with E-state index >= 15 is 0 Å². The number of rotatable bonds is 1. The van der Waals surface area contributed by atoms with E-state index in [1.807, 2.05) is 36.4 Å². The van der Waals surface area contributed by atoms with Crippen molar-refractivity contribution in [2.45, 2.75) is 0 Å². The molecule has 0 atom stereocenters. The summed E-state index contributed by atoms with van der Waals surface area (Å²) in [6, 6.07) is 11.7. The average Bonchev–Trinajstić information content (AvgIpc) is 2.46. The molecular formula is C14H8BrN5. The number of nitriles is 1. The first-order valence-electron chi connectivity index (χ1n) is 5.77. The van der Waals surface area contributed by atoms with Gasteiger partial charge in [0.25, 0.3) is 0 Å². The smallest absolute Gasteiger partial charge is 0.181 e. The van der Waals surface area contributed by atoms with Crippen LogP contribution in [0.2, 0.25) is 0 Å². The van der Waals surface area contributed by atoms with Gasteiger partial charge in [-0.05, 0) is 28.1 Å². The number of nitrogens with zero attached hydrogens (tertiary/aromatic N) is 4. The zero-order chi connectivity index (χ0) is 14.1. The number of para-hydroxylation sites is 1. The topological polar surface area (TPSA) is 88.5 Å². The summed E-state index contributed by atoms with van der Waals surface area (Å²) in [7, 11) is 0. The van der Waals surface area contributed by atoms with Crippen LogP contribution in [0.5, 0.6) is 0 Å². The van der Waals surface area contributed by atoms with Gasteiger partial charge in [0.05, 0.1) is 11.7 Å². The molecule has 0 spiro atoms. The number of halogens is 1. The summed E-state index contributed by atoms with van der Waals surface area (Å²) in [6.07, 6.45) is 1.40. The Bertz CT molecular complexity index is 854. The number of hydrogen-bond acceptors (Lipinski definition) is 5. The largest absolute Gasteiger partial charge is 0.382 e. The van der Waals surface area contributed by atoms with Crippen molar-refractivity contribution in [3.05, 3.63) is 46.6 Å². The Balaban J connectivity index is 2.21. The molecule has 3 rings (SSSR count). The van der Waals surface area contributed by atoms with Gasteiger partial charge in [-0.15, -0.1) is 0 Å². The van der Waals surface area contributed by atoms with Crippen molar-refractivity contribution in [3.63, 3.8) is 0 Å². The first-order valence-corrected chi connectivity index (χ1v) is 6.56. The van der Waals surface area contributed by atoms with Crippen molar-refractivity contribution in [2.75, 3.05) is 5.73 Å². The standard InChI is InChI=1S/C14H8BrN5/c15-10-5-8-3-1-2-4-11(8)19-12(10)14-18-7-9(6-16)13(17)20-14/h1-5,7H,(H2,17,18,20). The Morgan fingerprint density at radius 2 is 2.00 bits per heavy atom. The van der Waals surface area contributed by atoms with Crippen molar-refractivity contribution in [2.24, 2.45) is 0 Å².